The molecule has 3 rings (SSSR count). The largest absolute Gasteiger partial charge is 0.487 e. The third-order valence-corrected chi connectivity index (χ3v) is 6.30. The van der Waals surface area contributed by atoms with E-state index in [9.17, 15) is 13.2 Å². The second-order valence-electron chi connectivity index (χ2n) is 8.11. The Balaban J connectivity index is 1.83. The smallest absolute Gasteiger partial charge is 0.251 e. The number of fused-ring (bicyclic) bond motifs is 1. The van der Waals surface area contributed by atoms with Gasteiger partial charge in [0.2, 0.25) is 10.0 Å². The predicted molar refractivity (Wildman–Crippen MR) is 115 cm³/mol. The minimum absolute atomic E-state index is 0.163. The summed E-state index contributed by atoms with van der Waals surface area (Å²) in [5.41, 5.74) is 2.72. The predicted octanol–water partition coefficient (Wildman–Crippen LogP) is 3.81. The number of nitrogens with one attached hydrogen (secondary N) is 1. The van der Waals surface area contributed by atoms with Crippen LogP contribution >= 0.6 is 0 Å². The van der Waals surface area contributed by atoms with Gasteiger partial charge in [0.15, 0.2) is 0 Å². The number of benzene rings is 2. The highest BCUT2D eigenvalue weighted by molar-refractivity contribution is 7.92. The van der Waals surface area contributed by atoms with Crippen molar-refractivity contribution in [2.24, 2.45) is 0 Å². The molecule has 7 heteroatoms. The van der Waals surface area contributed by atoms with Crippen molar-refractivity contribution in [2.75, 3.05) is 17.1 Å². The van der Waals surface area contributed by atoms with Gasteiger partial charge in [-0.25, -0.2) is 8.42 Å². The number of anilines is 1. The summed E-state index contributed by atoms with van der Waals surface area (Å²) in [6.07, 6.45) is 1.83. The Morgan fingerprint density at radius 1 is 1.21 bits per heavy atom. The van der Waals surface area contributed by atoms with Crippen molar-refractivity contribution in [1.29, 1.82) is 0 Å². The summed E-state index contributed by atoms with van der Waals surface area (Å²) in [5, 5.41) is 3.12. The highest BCUT2D eigenvalue weighted by Gasteiger charge is 2.34. The van der Waals surface area contributed by atoms with Gasteiger partial charge in [0, 0.05) is 24.1 Å². The van der Waals surface area contributed by atoms with Crippen molar-refractivity contribution in [2.45, 2.75) is 45.8 Å². The first kappa shape index (κ1) is 21.2. The van der Waals surface area contributed by atoms with Crippen molar-refractivity contribution in [3.8, 4) is 5.75 Å². The summed E-state index contributed by atoms with van der Waals surface area (Å²) in [4.78, 5) is 12.9. The summed E-state index contributed by atoms with van der Waals surface area (Å²) in [5.74, 6) is 0.591. The summed E-state index contributed by atoms with van der Waals surface area (Å²) in [7, 11) is -3.36. The number of sulfonamides is 1. The molecular weight excluding hydrogens is 388 g/mol. The lowest BCUT2D eigenvalue weighted by Gasteiger charge is -2.38. The Morgan fingerprint density at radius 3 is 2.45 bits per heavy atom. The van der Waals surface area contributed by atoms with Crippen LogP contribution < -0.4 is 14.4 Å². The maximum atomic E-state index is 12.9. The highest BCUT2D eigenvalue weighted by Crippen LogP contribution is 2.40. The van der Waals surface area contributed by atoms with Crippen LogP contribution in [0.1, 0.15) is 54.7 Å². The fourth-order valence-electron chi connectivity index (χ4n) is 3.73. The van der Waals surface area contributed by atoms with Gasteiger partial charge in [0.25, 0.3) is 5.91 Å². The van der Waals surface area contributed by atoms with Gasteiger partial charge in [0.05, 0.1) is 18.0 Å². The molecule has 29 heavy (non-hydrogen) atoms. The first-order chi connectivity index (χ1) is 13.5. The van der Waals surface area contributed by atoms with E-state index in [1.165, 1.54) is 10.6 Å². The lowest BCUT2D eigenvalue weighted by Crippen LogP contribution is -2.41. The monoisotopic (exact) mass is 416 g/mol. The van der Waals surface area contributed by atoms with Gasteiger partial charge in [-0.05, 0) is 58.0 Å². The van der Waals surface area contributed by atoms with Gasteiger partial charge in [-0.1, -0.05) is 17.7 Å². The molecule has 0 bridgehead atoms. The zero-order valence-corrected chi connectivity index (χ0v) is 18.3. The van der Waals surface area contributed by atoms with Gasteiger partial charge in [-0.15, -0.1) is 0 Å². The van der Waals surface area contributed by atoms with Crippen LogP contribution in [0.3, 0.4) is 0 Å². The second-order valence-corrected chi connectivity index (χ2v) is 10.0. The molecule has 1 aliphatic heterocycles. The molecule has 2 aromatic rings. The van der Waals surface area contributed by atoms with Gasteiger partial charge in [-0.3, -0.25) is 9.10 Å². The molecule has 0 saturated heterocycles. The number of aryl methyl sites for hydroxylation is 1. The maximum absolute atomic E-state index is 12.9. The minimum Gasteiger partial charge on any atom is -0.487 e. The molecule has 1 unspecified atom stereocenters. The van der Waals surface area contributed by atoms with Gasteiger partial charge in [-0.2, -0.15) is 0 Å². The quantitative estimate of drug-likeness (QED) is 0.804. The lowest BCUT2D eigenvalue weighted by atomic mass is 9.88. The number of ether oxygens (including phenoxy) is 1. The normalized spacial score (nSPS) is 17.8. The Hall–Kier alpha value is -2.54. The SMILES string of the molecule is CCN(c1ccc(C(=O)NC2CC(C)(C)Oc3ccc(C)cc32)cc1)S(C)(=O)=O. The molecule has 0 aliphatic carbocycles. The average molecular weight is 417 g/mol. The van der Waals surface area contributed by atoms with Crippen molar-refractivity contribution >= 4 is 21.6 Å². The number of nitrogens with zero attached hydrogens (tertiary/aromatic N) is 1. The molecule has 0 spiro atoms. The zero-order chi connectivity index (χ0) is 21.4. The van der Waals surface area contributed by atoms with Gasteiger partial charge < -0.3 is 10.1 Å². The van der Waals surface area contributed by atoms with Crippen LogP contribution in [0.25, 0.3) is 0 Å². The molecule has 1 heterocycles. The van der Waals surface area contributed by atoms with E-state index < -0.39 is 10.0 Å². The van der Waals surface area contributed by atoms with E-state index in [2.05, 4.69) is 5.32 Å². The third-order valence-electron chi connectivity index (χ3n) is 5.03. The number of carbonyl (C=O) groups excluding carboxylic acids is 1. The highest BCUT2D eigenvalue weighted by atomic mass is 32.2. The van der Waals surface area contributed by atoms with Crippen LogP contribution in [-0.4, -0.2) is 32.7 Å². The second kappa shape index (κ2) is 7.71. The van der Waals surface area contributed by atoms with E-state index in [0.29, 0.717) is 24.2 Å². The van der Waals surface area contributed by atoms with E-state index in [4.69, 9.17) is 4.74 Å². The van der Waals surface area contributed by atoms with E-state index in [-0.39, 0.29) is 17.6 Å². The average Bonchev–Trinajstić information content (AvgIpc) is 2.61. The molecule has 0 fully saturated rings. The Morgan fingerprint density at radius 2 is 1.86 bits per heavy atom. The van der Waals surface area contributed by atoms with Crippen LogP contribution in [0.4, 0.5) is 5.69 Å². The first-order valence-corrected chi connectivity index (χ1v) is 11.5. The number of hydrogen-bond acceptors (Lipinski definition) is 4. The number of rotatable bonds is 5. The number of hydrogen-bond donors (Lipinski definition) is 1. The zero-order valence-electron chi connectivity index (χ0n) is 17.5. The molecule has 156 valence electrons. The Labute approximate surface area is 172 Å². The molecular formula is C22H28N2O4S. The molecule has 1 amide bonds. The first-order valence-electron chi connectivity index (χ1n) is 9.68. The minimum atomic E-state index is -3.36. The molecule has 1 N–H and O–H groups in total. The molecule has 0 radical (unpaired) electrons. The summed E-state index contributed by atoms with van der Waals surface area (Å²) >= 11 is 0. The molecule has 1 aliphatic rings. The van der Waals surface area contributed by atoms with Crippen molar-refractivity contribution in [1.82, 2.24) is 5.32 Å². The molecule has 0 aromatic heterocycles. The third kappa shape index (κ3) is 4.72. The Kier molecular flexibility index (Phi) is 5.63. The molecule has 6 nitrogen and oxygen atoms in total. The van der Waals surface area contributed by atoms with Gasteiger partial charge in [0.1, 0.15) is 11.4 Å². The van der Waals surface area contributed by atoms with Crippen LogP contribution in [0.5, 0.6) is 5.75 Å². The Bertz CT molecular complexity index is 1010. The standard InChI is InChI=1S/C22H28N2O4S/c1-6-24(29(5,26)27)17-10-8-16(9-11-17)21(25)23-19-14-22(3,4)28-20-12-7-15(2)13-18(19)20/h7-13,19H,6,14H2,1-5H3,(H,23,25). The topological polar surface area (TPSA) is 75.7 Å². The fraction of sp³-hybridized carbons (Fsp3) is 0.409. The van der Waals surface area contributed by atoms with E-state index in [1.54, 1.807) is 31.2 Å². The molecule has 1 atom stereocenters. The van der Waals surface area contributed by atoms with E-state index in [0.717, 1.165) is 16.9 Å². The van der Waals surface area contributed by atoms with Crippen molar-refractivity contribution in [3.63, 3.8) is 0 Å². The van der Waals surface area contributed by atoms with E-state index >= 15 is 0 Å². The summed E-state index contributed by atoms with van der Waals surface area (Å²) < 4.78 is 31.1. The van der Waals surface area contributed by atoms with Crippen LogP contribution in [-0.2, 0) is 10.0 Å². The van der Waals surface area contributed by atoms with Crippen molar-refractivity contribution in [3.05, 3.63) is 59.2 Å². The van der Waals surface area contributed by atoms with Gasteiger partial charge >= 0.3 is 0 Å². The fourth-order valence-corrected chi connectivity index (χ4v) is 4.71. The van der Waals surface area contributed by atoms with E-state index in [1.807, 2.05) is 39.0 Å². The van der Waals surface area contributed by atoms with Crippen LogP contribution in [0.2, 0.25) is 0 Å². The van der Waals surface area contributed by atoms with Crippen LogP contribution in [0.15, 0.2) is 42.5 Å². The maximum Gasteiger partial charge on any atom is 0.251 e. The van der Waals surface area contributed by atoms with Crippen molar-refractivity contribution < 1.29 is 17.9 Å². The molecule has 0 saturated carbocycles. The molecule has 2 aromatic carbocycles. The summed E-state index contributed by atoms with van der Waals surface area (Å²) in [6, 6.07) is 12.5. The lowest BCUT2D eigenvalue weighted by molar-refractivity contribution is 0.0619. The number of amides is 1. The summed E-state index contributed by atoms with van der Waals surface area (Å²) in [6.45, 7) is 8.13. The number of carbonyl (C=O) groups is 1. The van der Waals surface area contributed by atoms with Crippen LogP contribution in [0, 0.1) is 6.92 Å².